The van der Waals surface area contributed by atoms with Crippen molar-refractivity contribution in [2.24, 2.45) is 0 Å². The lowest BCUT2D eigenvalue weighted by atomic mass is 10.2. The fourth-order valence-corrected chi connectivity index (χ4v) is 1.84. The molecule has 26 heavy (non-hydrogen) atoms. The maximum Gasteiger partial charge on any atom is 0.328 e. The highest BCUT2D eigenvalue weighted by atomic mass is 16.5. The van der Waals surface area contributed by atoms with Gasteiger partial charge in [0.15, 0.2) is 0 Å². The number of aromatic nitrogens is 2. The highest BCUT2D eigenvalue weighted by molar-refractivity contribution is 5.89. The molecule has 0 radical (unpaired) electrons. The number of benzene rings is 1. The van der Waals surface area contributed by atoms with E-state index in [1.165, 1.54) is 0 Å². The molecule has 1 aromatic carbocycles. The van der Waals surface area contributed by atoms with Crippen LogP contribution >= 0.6 is 0 Å². The van der Waals surface area contributed by atoms with Crippen LogP contribution in [0.2, 0.25) is 0 Å². The first-order valence-electron chi connectivity index (χ1n) is 7.90. The molecule has 0 saturated heterocycles. The van der Waals surface area contributed by atoms with Crippen LogP contribution in [-0.2, 0) is 9.59 Å². The molecule has 0 aliphatic rings. The Morgan fingerprint density at radius 2 is 1.77 bits per heavy atom. The molecule has 1 heterocycles. The summed E-state index contributed by atoms with van der Waals surface area (Å²) < 4.78 is 5.59. The Kier molecular flexibility index (Phi) is 9.19. The summed E-state index contributed by atoms with van der Waals surface area (Å²) in [5.74, 6) is -1.85. The second kappa shape index (κ2) is 11.4. The highest BCUT2D eigenvalue weighted by Gasteiger charge is 2.03. The zero-order chi connectivity index (χ0) is 19.4. The highest BCUT2D eigenvalue weighted by Crippen LogP contribution is 2.20. The van der Waals surface area contributed by atoms with Gasteiger partial charge in [0.2, 0.25) is 5.88 Å². The van der Waals surface area contributed by atoms with Gasteiger partial charge in [0.25, 0.3) is 0 Å². The van der Waals surface area contributed by atoms with Crippen molar-refractivity contribution in [2.45, 2.75) is 6.42 Å². The third-order valence-corrected chi connectivity index (χ3v) is 3.01. The third-order valence-electron chi connectivity index (χ3n) is 3.01. The first-order chi connectivity index (χ1) is 12.4. The number of aliphatic carboxylic acids is 2. The lowest BCUT2D eigenvalue weighted by molar-refractivity contribution is -0.134. The SMILES string of the molecule is CN(C)CCCOc1cc(-c2ccccc2)[nH]n1.O=C(O)/C=C/C(=O)O. The number of rotatable bonds is 8. The first-order valence-corrected chi connectivity index (χ1v) is 7.90. The summed E-state index contributed by atoms with van der Waals surface area (Å²) in [7, 11) is 4.12. The standard InChI is InChI=1S/C14H19N3O.C4H4O4/c1-17(2)9-6-10-18-14-11-13(15-16-14)12-7-4-3-5-8-12;5-3(6)1-2-4(7)8/h3-5,7-8,11H,6,9-10H2,1-2H3,(H,15,16);1-2H,(H,5,6)(H,7,8)/b;2-1+. The molecule has 0 amide bonds. The maximum absolute atomic E-state index is 9.55. The predicted octanol–water partition coefficient (Wildman–Crippen LogP) is 2.12. The monoisotopic (exact) mass is 361 g/mol. The van der Waals surface area contributed by atoms with Crippen LogP contribution in [0.3, 0.4) is 0 Å². The molecule has 2 rings (SSSR count). The van der Waals surface area contributed by atoms with E-state index in [0.29, 0.717) is 24.6 Å². The van der Waals surface area contributed by atoms with Crippen molar-refractivity contribution in [1.82, 2.24) is 15.1 Å². The summed E-state index contributed by atoms with van der Waals surface area (Å²) in [6.07, 6.45) is 2.12. The smallest absolute Gasteiger partial charge is 0.328 e. The van der Waals surface area contributed by atoms with Crippen molar-refractivity contribution < 1.29 is 24.5 Å². The van der Waals surface area contributed by atoms with Crippen LogP contribution in [-0.4, -0.2) is 64.5 Å². The van der Waals surface area contributed by atoms with Gasteiger partial charge in [-0.1, -0.05) is 30.3 Å². The first kappa shape index (κ1) is 20.9. The van der Waals surface area contributed by atoms with Gasteiger partial charge in [-0.2, -0.15) is 0 Å². The van der Waals surface area contributed by atoms with Crippen molar-refractivity contribution >= 4 is 11.9 Å². The molecule has 140 valence electrons. The van der Waals surface area contributed by atoms with Crippen LogP contribution in [0.1, 0.15) is 6.42 Å². The summed E-state index contributed by atoms with van der Waals surface area (Å²) in [6.45, 7) is 1.72. The average molecular weight is 361 g/mol. The van der Waals surface area contributed by atoms with E-state index in [-0.39, 0.29) is 0 Å². The molecule has 0 spiro atoms. The van der Waals surface area contributed by atoms with E-state index in [0.717, 1.165) is 24.2 Å². The van der Waals surface area contributed by atoms with Crippen molar-refractivity contribution in [2.75, 3.05) is 27.2 Å². The number of nitrogens with zero attached hydrogens (tertiary/aromatic N) is 2. The van der Waals surface area contributed by atoms with Crippen molar-refractivity contribution in [1.29, 1.82) is 0 Å². The maximum atomic E-state index is 9.55. The van der Waals surface area contributed by atoms with Gasteiger partial charge in [-0.3, -0.25) is 5.10 Å². The molecule has 0 fully saturated rings. The molecule has 3 N–H and O–H groups in total. The van der Waals surface area contributed by atoms with Crippen molar-refractivity contribution in [3.05, 3.63) is 48.6 Å². The second-order valence-corrected chi connectivity index (χ2v) is 5.50. The van der Waals surface area contributed by atoms with E-state index < -0.39 is 11.9 Å². The molecule has 8 nitrogen and oxygen atoms in total. The van der Waals surface area contributed by atoms with E-state index in [4.69, 9.17) is 14.9 Å². The Morgan fingerprint density at radius 3 is 2.31 bits per heavy atom. The zero-order valence-corrected chi connectivity index (χ0v) is 14.8. The van der Waals surface area contributed by atoms with Gasteiger partial charge in [-0.15, -0.1) is 5.10 Å². The predicted molar refractivity (Wildman–Crippen MR) is 97.1 cm³/mol. The summed E-state index contributed by atoms with van der Waals surface area (Å²) in [5, 5.41) is 22.8. The van der Waals surface area contributed by atoms with Crippen LogP contribution in [0.25, 0.3) is 11.3 Å². The molecule has 0 aliphatic heterocycles. The van der Waals surface area contributed by atoms with Gasteiger partial charge in [0.05, 0.1) is 12.3 Å². The van der Waals surface area contributed by atoms with Gasteiger partial charge in [-0.05, 0) is 26.1 Å². The average Bonchev–Trinajstić information content (AvgIpc) is 3.07. The largest absolute Gasteiger partial charge is 0.478 e. The molecule has 0 atom stereocenters. The van der Waals surface area contributed by atoms with E-state index in [9.17, 15) is 9.59 Å². The Morgan fingerprint density at radius 1 is 1.15 bits per heavy atom. The normalized spacial score (nSPS) is 10.4. The summed E-state index contributed by atoms with van der Waals surface area (Å²) >= 11 is 0. The molecule has 0 aliphatic carbocycles. The minimum Gasteiger partial charge on any atom is -0.478 e. The Hall–Kier alpha value is -3.13. The number of hydrogen-bond donors (Lipinski definition) is 3. The third kappa shape index (κ3) is 9.24. The fraction of sp³-hybridized carbons (Fsp3) is 0.278. The van der Waals surface area contributed by atoms with Crippen molar-refractivity contribution in [3.8, 4) is 17.1 Å². The Labute approximate surface area is 151 Å². The number of H-pyrrole nitrogens is 1. The number of nitrogens with one attached hydrogen (secondary N) is 1. The van der Waals surface area contributed by atoms with E-state index >= 15 is 0 Å². The molecule has 1 aromatic heterocycles. The van der Waals surface area contributed by atoms with Crippen LogP contribution in [0.5, 0.6) is 5.88 Å². The Bertz CT molecular complexity index is 695. The quantitative estimate of drug-likeness (QED) is 0.487. The molecule has 0 saturated carbocycles. The summed E-state index contributed by atoms with van der Waals surface area (Å²) in [5.41, 5.74) is 2.10. The molecule has 8 heteroatoms. The van der Waals surface area contributed by atoms with Crippen LogP contribution in [0, 0.1) is 0 Å². The summed E-state index contributed by atoms with van der Waals surface area (Å²) in [4.78, 5) is 21.2. The number of ether oxygens (including phenoxy) is 1. The number of carboxylic acid groups (broad SMARTS) is 2. The minimum atomic E-state index is -1.26. The number of carboxylic acids is 2. The van der Waals surface area contributed by atoms with E-state index in [1.807, 2.05) is 36.4 Å². The molecule has 0 bridgehead atoms. The summed E-state index contributed by atoms with van der Waals surface area (Å²) in [6, 6.07) is 12.0. The van der Waals surface area contributed by atoms with E-state index in [1.54, 1.807) is 0 Å². The number of carbonyl (C=O) groups is 2. The lowest BCUT2D eigenvalue weighted by Gasteiger charge is -2.08. The van der Waals surface area contributed by atoms with Gasteiger partial charge in [-0.25, -0.2) is 9.59 Å². The topological polar surface area (TPSA) is 116 Å². The number of hydrogen-bond acceptors (Lipinski definition) is 5. The number of aromatic amines is 1. The minimum absolute atomic E-state index is 0.558. The fourth-order valence-electron chi connectivity index (χ4n) is 1.84. The van der Waals surface area contributed by atoms with Crippen LogP contribution in [0.15, 0.2) is 48.6 Å². The second-order valence-electron chi connectivity index (χ2n) is 5.50. The molecule has 2 aromatic rings. The molecular weight excluding hydrogens is 338 g/mol. The Balaban J connectivity index is 0.000000359. The van der Waals surface area contributed by atoms with Crippen molar-refractivity contribution in [3.63, 3.8) is 0 Å². The van der Waals surface area contributed by atoms with Gasteiger partial charge >= 0.3 is 11.9 Å². The molecular formula is C18H23N3O5. The van der Waals surface area contributed by atoms with Crippen LogP contribution in [0.4, 0.5) is 0 Å². The van der Waals surface area contributed by atoms with Gasteiger partial charge in [0.1, 0.15) is 0 Å². The van der Waals surface area contributed by atoms with E-state index in [2.05, 4.69) is 29.2 Å². The van der Waals surface area contributed by atoms with Gasteiger partial charge in [0, 0.05) is 24.8 Å². The molecule has 0 unspecified atom stereocenters. The zero-order valence-electron chi connectivity index (χ0n) is 14.8. The van der Waals surface area contributed by atoms with Crippen LogP contribution < -0.4 is 4.74 Å². The van der Waals surface area contributed by atoms with Gasteiger partial charge < -0.3 is 19.8 Å². The lowest BCUT2D eigenvalue weighted by Crippen LogP contribution is -2.15.